The lowest BCUT2D eigenvalue weighted by atomic mass is 10.2. The summed E-state index contributed by atoms with van der Waals surface area (Å²) in [5, 5.41) is -0.637. The van der Waals surface area contributed by atoms with Gasteiger partial charge in [0.05, 0.1) is 24.3 Å². The maximum atomic E-state index is 12.8. The Morgan fingerprint density at radius 3 is 2.25 bits per heavy atom. The summed E-state index contributed by atoms with van der Waals surface area (Å²) in [7, 11) is -3.65. The highest BCUT2D eigenvalue weighted by Crippen LogP contribution is 2.19. The van der Waals surface area contributed by atoms with E-state index in [9.17, 15) is 13.2 Å². The fourth-order valence-corrected chi connectivity index (χ4v) is 3.02. The highest BCUT2D eigenvalue weighted by molar-refractivity contribution is 7.87. The quantitative estimate of drug-likeness (QED) is 0.531. The van der Waals surface area contributed by atoms with Crippen molar-refractivity contribution in [2.75, 3.05) is 0 Å². The molecule has 0 bridgehead atoms. The second-order valence-electron chi connectivity index (χ2n) is 6.49. The summed E-state index contributed by atoms with van der Waals surface area (Å²) in [5.74, 6) is 0.828. The van der Waals surface area contributed by atoms with Crippen LogP contribution in [0.25, 0.3) is 0 Å². The maximum absolute atomic E-state index is 12.8. The molecule has 0 saturated heterocycles. The van der Waals surface area contributed by atoms with E-state index in [-0.39, 0.29) is 30.5 Å². The molecule has 8 heteroatoms. The molecule has 2 heterocycles. The Morgan fingerprint density at radius 1 is 1.00 bits per heavy atom. The van der Waals surface area contributed by atoms with Crippen molar-refractivity contribution in [3.05, 3.63) is 78.1 Å². The summed E-state index contributed by atoms with van der Waals surface area (Å²) in [5.41, 5.74) is 0.806. The van der Waals surface area contributed by atoms with Gasteiger partial charge in [-0.25, -0.2) is 0 Å². The first-order valence-electron chi connectivity index (χ1n) is 8.72. The molecule has 1 amide bonds. The Hall–Kier alpha value is -3.00. The molecule has 1 aromatic carbocycles. The standard InChI is InChI=1S/C20H21NO6S/c1-15(2)28(23,24)27-17-9-7-16(8-10-17)13-21(14-18-5-3-11-25-18)20(22)19-6-4-12-26-19/h3-12,15H,13-14H2,1-2H3. The zero-order chi connectivity index (χ0) is 20.1. The molecule has 7 nitrogen and oxygen atoms in total. The second-order valence-corrected chi connectivity index (χ2v) is 8.58. The Bertz CT molecular complexity index is 990. The molecule has 148 valence electrons. The molecule has 0 saturated carbocycles. The molecule has 3 aromatic rings. The zero-order valence-electron chi connectivity index (χ0n) is 15.6. The van der Waals surface area contributed by atoms with Gasteiger partial charge in [-0.05, 0) is 55.8 Å². The summed E-state index contributed by atoms with van der Waals surface area (Å²) in [6, 6.07) is 13.4. The van der Waals surface area contributed by atoms with Gasteiger partial charge in [-0.3, -0.25) is 4.79 Å². The molecule has 0 aliphatic rings. The number of rotatable bonds is 8. The highest BCUT2D eigenvalue weighted by atomic mass is 32.2. The highest BCUT2D eigenvalue weighted by Gasteiger charge is 2.21. The van der Waals surface area contributed by atoms with E-state index >= 15 is 0 Å². The van der Waals surface area contributed by atoms with Gasteiger partial charge < -0.3 is 17.9 Å². The van der Waals surface area contributed by atoms with Crippen LogP contribution in [0.15, 0.2) is 69.9 Å². The van der Waals surface area contributed by atoms with Gasteiger partial charge in [0.2, 0.25) is 0 Å². The third-order valence-corrected chi connectivity index (χ3v) is 5.61. The van der Waals surface area contributed by atoms with Crippen molar-refractivity contribution < 1.29 is 26.2 Å². The molecule has 0 aliphatic carbocycles. The first kappa shape index (κ1) is 19.8. The van der Waals surface area contributed by atoms with Crippen molar-refractivity contribution in [1.29, 1.82) is 0 Å². The number of carbonyl (C=O) groups is 1. The third kappa shape index (κ3) is 4.83. The van der Waals surface area contributed by atoms with Crippen LogP contribution in [0.1, 0.15) is 35.7 Å². The SMILES string of the molecule is CC(C)S(=O)(=O)Oc1ccc(CN(Cc2ccco2)C(=O)c2ccco2)cc1. The van der Waals surface area contributed by atoms with Gasteiger partial charge in [0.25, 0.3) is 5.91 Å². The number of amides is 1. The summed E-state index contributed by atoms with van der Waals surface area (Å²) in [6.07, 6.45) is 2.99. The fourth-order valence-electron chi connectivity index (χ4n) is 2.45. The van der Waals surface area contributed by atoms with Crippen molar-refractivity contribution in [2.24, 2.45) is 0 Å². The fraction of sp³-hybridized carbons (Fsp3) is 0.250. The normalized spacial score (nSPS) is 11.5. The van der Waals surface area contributed by atoms with Crippen LogP contribution in [-0.4, -0.2) is 24.5 Å². The Labute approximate surface area is 163 Å². The molecule has 0 fully saturated rings. The van der Waals surface area contributed by atoms with Crippen molar-refractivity contribution >= 4 is 16.0 Å². The summed E-state index contributed by atoms with van der Waals surface area (Å²) < 4.78 is 39.4. The summed E-state index contributed by atoms with van der Waals surface area (Å²) in [6.45, 7) is 3.66. The van der Waals surface area contributed by atoms with Gasteiger partial charge in [0, 0.05) is 6.54 Å². The van der Waals surface area contributed by atoms with Crippen LogP contribution in [-0.2, 0) is 23.2 Å². The molecule has 0 radical (unpaired) electrons. The molecule has 0 unspecified atom stereocenters. The molecule has 3 rings (SSSR count). The Balaban J connectivity index is 1.76. The first-order chi connectivity index (χ1) is 13.3. The van der Waals surface area contributed by atoms with Crippen molar-refractivity contribution in [3.8, 4) is 5.75 Å². The number of carbonyl (C=O) groups excluding carboxylic acids is 1. The van der Waals surface area contributed by atoms with Crippen LogP contribution in [0.5, 0.6) is 5.75 Å². The zero-order valence-corrected chi connectivity index (χ0v) is 16.4. The van der Waals surface area contributed by atoms with E-state index in [1.807, 2.05) is 0 Å². The molecule has 2 aromatic heterocycles. The lowest BCUT2D eigenvalue weighted by Crippen LogP contribution is -2.29. The monoisotopic (exact) mass is 403 g/mol. The predicted molar refractivity (Wildman–Crippen MR) is 102 cm³/mol. The largest absolute Gasteiger partial charge is 0.467 e. The minimum Gasteiger partial charge on any atom is -0.467 e. The third-order valence-electron chi connectivity index (χ3n) is 4.03. The van der Waals surface area contributed by atoms with Crippen LogP contribution in [0, 0.1) is 0 Å². The molecular weight excluding hydrogens is 382 g/mol. The second kappa shape index (κ2) is 8.35. The number of furan rings is 2. The van der Waals surface area contributed by atoms with E-state index in [2.05, 4.69) is 0 Å². The maximum Gasteiger partial charge on any atom is 0.311 e. The topological polar surface area (TPSA) is 90.0 Å². The smallest absolute Gasteiger partial charge is 0.311 e. The molecule has 0 aliphatic heterocycles. The molecule has 0 spiro atoms. The van der Waals surface area contributed by atoms with E-state index in [0.29, 0.717) is 5.76 Å². The van der Waals surface area contributed by atoms with E-state index in [1.54, 1.807) is 73.5 Å². The average Bonchev–Trinajstić information content (AvgIpc) is 3.35. The lowest BCUT2D eigenvalue weighted by molar-refractivity contribution is 0.0685. The van der Waals surface area contributed by atoms with E-state index in [1.165, 1.54) is 6.26 Å². The summed E-state index contributed by atoms with van der Waals surface area (Å²) >= 11 is 0. The van der Waals surface area contributed by atoms with Crippen LogP contribution < -0.4 is 4.18 Å². The van der Waals surface area contributed by atoms with Crippen molar-refractivity contribution in [2.45, 2.75) is 32.2 Å². The van der Waals surface area contributed by atoms with Crippen LogP contribution in [0.4, 0.5) is 0 Å². The minimum absolute atomic E-state index is 0.229. The average molecular weight is 403 g/mol. The van der Waals surface area contributed by atoms with Gasteiger partial charge in [-0.1, -0.05) is 12.1 Å². The Kier molecular flexibility index (Phi) is 5.89. The molecule has 28 heavy (non-hydrogen) atoms. The van der Waals surface area contributed by atoms with E-state index in [0.717, 1.165) is 5.56 Å². The predicted octanol–water partition coefficient (Wildman–Crippen LogP) is 3.83. The van der Waals surface area contributed by atoms with Gasteiger partial charge in [-0.2, -0.15) is 8.42 Å². The van der Waals surface area contributed by atoms with Gasteiger partial charge >= 0.3 is 10.1 Å². The van der Waals surface area contributed by atoms with Gasteiger partial charge in [0.15, 0.2) is 5.76 Å². The van der Waals surface area contributed by atoms with Crippen LogP contribution in [0.2, 0.25) is 0 Å². The van der Waals surface area contributed by atoms with Crippen LogP contribution in [0.3, 0.4) is 0 Å². The van der Waals surface area contributed by atoms with Crippen molar-refractivity contribution in [1.82, 2.24) is 4.90 Å². The van der Waals surface area contributed by atoms with Gasteiger partial charge in [-0.15, -0.1) is 0 Å². The van der Waals surface area contributed by atoms with E-state index < -0.39 is 15.4 Å². The van der Waals surface area contributed by atoms with Crippen LogP contribution >= 0.6 is 0 Å². The number of hydrogen-bond donors (Lipinski definition) is 0. The minimum atomic E-state index is -3.65. The molecular formula is C20H21NO6S. The van der Waals surface area contributed by atoms with Gasteiger partial charge in [0.1, 0.15) is 11.5 Å². The Morgan fingerprint density at radius 2 is 1.68 bits per heavy atom. The van der Waals surface area contributed by atoms with Crippen molar-refractivity contribution in [3.63, 3.8) is 0 Å². The lowest BCUT2D eigenvalue weighted by Gasteiger charge is -2.21. The first-order valence-corrected chi connectivity index (χ1v) is 10.2. The van der Waals surface area contributed by atoms with E-state index in [4.69, 9.17) is 13.0 Å². The number of nitrogens with zero attached hydrogens (tertiary/aromatic N) is 1. The number of benzene rings is 1. The molecule has 0 N–H and O–H groups in total. The number of hydrogen-bond acceptors (Lipinski definition) is 6. The molecule has 0 atom stereocenters. The summed E-state index contributed by atoms with van der Waals surface area (Å²) in [4.78, 5) is 14.3.